The fourth-order valence-electron chi connectivity index (χ4n) is 3.64. The number of ether oxygens (including phenoxy) is 2. The number of carbonyl (C=O) groups is 1. The van der Waals surface area contributed by atoms with Crippen LogP contribution in [0.15, 0.2) is 72.8 Å². The number of unbranched alkanes of at least 4 members (excludes halogenated alkanes) is 1. The van der Waals surface area contributed by atoms with Crippen LogP contribution in [0.1, 0.15) is 47.6 Å². The number of phenols is 1. The smallest absolute Gasteiger partial charge is 0.249 e. The van der Waals surface area contributed by atoms with Crippen molar-refractivity contribution in [1.82, 2.24) is 4.90 Å². The molecule has 0 radical (unpaired) electrons. The number of hydrogen-bond acceptors (Lipinski definition) is 4. The molecular weight excluding hydrogens is 450 g/mol. The molecular formula is C31H35NO4. The third-order valence-corrected chi connectivity index (χ3v) is 5.77. The third kappa shape index (κ3) is 9.22. The molecule has 0 atom stereocenters. The average molecular weight is 486 g/mol. The topological polar surface area (TPSA) is 59.0 Å². The molecule has 3 rings (SSSR count). The normalized spacial score (nSPS) is 10.5. The number of methoxy groups -OCH3 is 1. The van der Waals surface area contributed by atoms with E-state index in [9.17, 15) is 9.90 Å². The Hall–Kier alpha value is -3.59. The Morgan fingerprint density at radius 1 is 0.806 bits per heavy atom. The highest BCUT2D eigenvalue weighted by molar-refractivity contribution is 5.77. The summed E-state index contributed by atoms with van der Waals surface area (Å²) in [6.07, 6.45) is 3.51. The number of aromatic hydroxyl groups is 1. The van der Waals surface area contributed by atoms with E-state index in [0.29, 0.717) is 26.3 Å². The molecule has 0 fully saturated rings. The first-order valence-corrected chi connectivity index (χ1v) is 12.4. The summed E-state index contributed by atoms with van der Waals surface area (Å²) in [6, 6.07) is 23.3. The largest absolute Gasteiger partial charge is 0.508 e. The van der Waals surface area contributed by atoms with Crippen molar-refractivity contribution in [3.8, 4) is 17.6 Å². The van der Waals surface area contributed by atoms with Crippen LogP contribution in [0.2, 0.25) is 0 Å². The van der Waals surface area contributed by atoms with Gasteiger partial charge in [-0.2, -0.15) is 0 Å². The van der Waals surface area contributed by atoms with Crippen molar-refractivity contribution >= 4 is 5.91 Å². The SMILES string of the molecule is CCCCc1ccc(C#Cc2ccc(CN(Cc3ccc(O)cc3)C(=O)COCCOC)cc2)cc1. The number of nitrogens with zero attached hydrogens (tertiary/aromatic N) is 1. The van der Waals surface area contributed by atoms with Crippen molar-refractivity contribution in [2.75, 3.05) is 26.9 Å². The maximum atomic E-state index is 12.9. The van der Waals surface area contributed by atoms with E-state index in [1.54, 1.807) is 24.1 Å². The number of hydrogen-bond donors (Lipinski definition) is 1. The molecule has 188 valence electrons. The van der Waals surface area contributed by atoms with E-state index in [-0.39, 0.29) is 18.3 Å². The summed E-state index contributed by atoms with van der Waals surface area (Å²) >= 11 is 0. The molecule has 1 amide bonds. The second-order valence-corrected chi connectivity index (χ2v) is 8.71. The zero-order valence-corrected chi connectivity index (χ0v) is 21.2. The van der Waals surface area contributed by atoms with Gasteiger partial charge < -0.3 is 19.5 Å². The van der Waals surface area contributed by atoms with Crippen molar-refractivity contribution in [2.45, 2.75) is 39.3 Å². The highest BCUT2D eigenvalue weighted by Crippen LogP contribution is 2.15. The molecule has 36 heavy (non-hydrogen) atoms. The van der Waals surface area contributed by atoms with Gasteiger partial charge in [0.1, 0.15) is 12.4 Å². The Morgan fingerprint density at radius 3 is 1.86 bits per heavy atom. The van der Waals surface area contributed by atoms with E-state index in [1.807, 2.05) is 36.4 Å². The summed E-state index contributed by atoms with van der Waals surface area (Å²) in [4.78, 5) is 14.6. The van der Waals surface area contributed by atoms with Crippen molar-refractivity contribution in [2.24, 2.45) is 0 Å². The predicted molar refractivity (Wildman–Crippen MR) is 143 cm³/mol. The number of phenolic OH excluding ortho intramolecular Hbond substituents is 1. The summed E-state index contributed by atoms with van der Waals surface area (Å²) in [5.41, 5.74) is 5.21. The van der Waals surface area contributed by atoms with Crippen LogP contribution >= 0.6 is 0 Å². The van der Waals surface area contributed by atoms with E-state index < -0.39 is 0 Å². The van der Waals surface area contributed by atoms with Gasteiger partial charge in [0, 0.05) is 31.3 Å². The molecule has 5 heteroatoms. The predicted octanol–water partition coefficient (Wildman–Crippen LogP) is 5.33. The molecule has 0 aliphatic carbocycles. The Kier molecular flexibility index (Phi) is 11.0. The molecule has 0 heterocycles. The zero-order chi connectivity index (χ0) is 25.6. The van der Waals surface area contributed by atoms with Gasteiger partial charge in [0.25, 0.3) is 0 Å². The first kappa shape index (κ1) is 27.0. The fourth-order valence-corrected chi connectivity index (χ4v) is 3.64. The van der Waals surface area contributed by atoms with Crippen LogP contribution in [-0.4, -0.2) is 42.8 Å². The molecule has 3 aromatic carbocycles. The molecule has 5 nitrogen and oxygen atoms in total. The molecule has 0 saturated heterocycles. The van der Waals surface area contributed by atoms with E-state index in [4.69, 9.17) is 9.47 Å². The molecule has 0 spiro atoms. The van der Waals surface area contributed by atoms with Gasteiger partial charge in [-0.1, -0.05) is 61.6 Å². The van der Waals surface area contributed by atoms with Gasteiger partial charge in [0.2, 0.25) is 5.91 Å². The lowest BCUT2D eigenvalue weighted by atomic mass is 10.1. The maximum Gasteiger partial charge on any atom is 0.249 e. The molecule has 3 aromatic rings. The Morgan fingerprint density at radius 2 is 1.33 bits per heavy atom. The number of rotatable bonds is 12. The lowest BCUT2D eigenvalue weighted by molar-refractivity contribution is -0.137. The minimum Gasteiger partial charge on any atom is -0.508 e. The Bertz CT molecular complexity index is 1130. The monoisotopic (exact) mass is 485 g/mol. The van der Waals surface area contributed by atoms with Crippen LogP contribution in [0.5, 0.6) is 5.75 Å². The van der Waals surface area contributed by atoms with Gasteiger partial charge in [-0.3, -0.25) is 4.79 Å². The Balaban J connectivity index is 1.64. The fraction of sp³-hybridized carbons (Fsp3) is 0.323. The third-order valence-electron chi connectivity index (χ3n) is 5.77. The standard InChI is InChI=1S/C31H35NO4/c1-3-4-5-25-6-8-26(9-7-25)10-11-27-12-14-28(15-13-27)22-32(31(34)24-36-21-20-35-2)23-29-16-18-30(33)19-17-29/h6-9,12-19,33H,3-5,20-24H2,1-2H3. The maximum absolute atomic E-state index is 12.9. The van der Waals surface area contributed by atoms with Crippen LogP contribution in [0.4, 0.5) is 0 Å². The van der Waals surface area contributed by atoms with Gasteiger partial charge in [0.15, 0.2) is 0 Å². The Labute approximate surface area is 214 Å². The molecule has 0 unspecified atom stereocenters. The van der Waals surface area contributed by atoms with Crippen LogP contribution in [0.25, 0.3) is 0 Å². The van der Waals surface area contributed by atoms with Crippen molar-refractivity contribution in [1.29, 1.82) is 0 Å². The summed E-state index contributed by atoms with van der Waals surface area (Å²) in [5.74, 6) is 6.55. The summed E-state index contributed by atoms with van der Waals surface area (Å²) in [7, 11) is 1.60. The van der Waals surface area contributed by atoms with Gasteiger partial charge >= 0.3 is 0 Å². The van der Waals surface area contributed by atoms with Crippen LogP contribution in [0.3, 0.4) is 0 Å². The van der Waals surface area contributed by atoms with Gasteiger partial charge in [0.05, 0.1) is 13.2 Å². The highest BCUT2D eigenvalue weighted by Gasteiger charge is 2.15. The van der Waals surface area contributed by atoms with Gasteiger partial charge in [-0.25, -0.2) is 0 Å². The molecule has 1 N–H and O–H groups in total. The van der Waals surface area contributed by atoms with E-state index in [2.05, 4.69) is 43.0 Å². The molecule has 0 aliphatic rings. The van der Waals surface area contributed by atoms with Gasteiger partial charge in [-0.05, 0) is 65.9 Å². The van der Waals surface area contributed by atoms with E-state index in [1.165, 1.54) is 18.4 Å². The minimum absolute atomic E-state index is 0.0117. The minimum atomic E-state index is -0.106. The second kappa shape index (κ2) is 14.7. The molecule has 0 bridgehead atoms. The first-order valence-electron chi connectivity index (χ1n) is 12.4. The highest BCUT2D eigenvalue weighted by atomic mass is 16.5. The van der Waals surface area contributed by atoms with Crippen molar-refractivity contribution in [3.63, 3.8) is 0 Å². The zero-order valence-electron chi connectivity index (χ0n) is 21.2. The number of benzene rings is 3. The van der Waals surface area contributed by atoms with Crippen LogP contribution in [-0.2, 0) is 33.8 Å². The van der Waals surface area contributed by atoms with E-state index >= 15 is 0 Å². The van der Waals surface area contributed by atoms with E-state index in [0.717, 1.165) is 28.7 Å². The van der Waals surface area contributed by atoms with Crippen molar-refractivity contribution < 1.29 is 19.4 Å². The summed E-state index contributed by atoms with van der Waals surface area (Å²) in [6.45, 7) is 3.86. The second-order valence-electron chi connectivity index (χ2n) is 8.71. The lowest BCUT2D eigenvalue weighted by Crippen LogP contribution is -2.33. The average Bonchev–Trinajstić information content (AvgIpc) is 2.91. The summed E-state index contributed by atoms with van der Waals surface area (Å²) < 4.78 is 10.4. The molecule has 0 aromatic heterocycles. The van der Waals surface area contributed by atoms with Gasteiger partial charge in [-0.15, -0.1) is 0 Å². The quantitative estimate of drug-likeness (QED) is 0.278. The number of carbonyl (C=O) groups excluding carboxylic acids is 1. The van der Waals surface area contributed by atoms with Crippen LogP contribution < -0.4 is 0 Å². The molecule has 0 saturated carbocycles. The summed E-state index contributed by atoms with van der Waals surface area (Å²) in [5, 5.41) is 9.56. The first-order chi connectivity index (χ1) is 17.6. The molecule has 0 aliphatic heterocycles. The van der Waals surface area contributed by atoms with Crippen LogP contribution in [0, 0.1) is 11.8 Å². The number of aryl methyl sites for hydroxylation is 1. The van der Waals surface area contributed by atoms with Crippen molar-refractivity contribution in [3.05, 3.63) is 101 Å². The lowest BCUT2D eigenvalue weighted by Gasteiger charge is -2.23. The number of amides is 1.